The zero-order valence-corrected chi connectivity index (χ0v) is 36.9. The lowest BCUT2D eigenvalue weighted by atomic mass is 9.90. The van der Waals surface area contributed by atoms with Crippen molar-refractivity contribution in [2.75, 3.05) is 0 Å². The summed E-state index contributed by atoms with van der Waals surface area (Å²) >= 11 is 0. The number of alkyl halides is 3. The molecule has 4 heterocycles. The van der Waals surface area contributed by atoms with E-state index in [0.29, 0.717) is 74.3 Å². The molecule has 0 aliphatic heterocycles. The Morgan fingerprint density at radius 3 is 1.48 bits per heavy atom. The van der Waals surface area contributed by atoms with Crippen LogP contribution in [-0.4, -0.2) is 39.0 Å². The van der Waals surface area contributed by atoms with Crippen LogP contribution in [-0.2, 0) is 6.18 Å². The van der Waals surface area contributed by atoms with Crippen molar-refractivity contribution in [1.82, 2.24) is 39.0 Å². The maximum Gasteiger partial charge on any atom is 0.417 e. The number of aromatic nitrogens is 8. The van der Waals surface area contributed by atoms with Crippen LogP contribution in [0.3, 0.4) is 0 Å². The van der Waals surface area contributed by atoms with Crippen molar-refractivity contribution < 1.29 is 13.2 Å². The van der Waals surface area contributed by atoms with Crippen molar-refractivity contribution in [1.29, 1.82) is 0 Å². The van der Waals surface area contributed by atoms with Crippen molar-refractivity contribution in [2.24, 2.45) is 0 Å². The molecule has 0 N–H and O–H groups in total. The molecule has 4 aromatic heterocycles. The van der Waals surface area contributed by atoms with Crippen molar-refractivity contribution >= 4 is 49.3 Å². The van der Waals surface area contributed by atoms with Crippen LogP contribution in [0, 0.1) is 41.2 Å². The molecule has 0 amide bonds. The van der Waals surface area contributed by atoms with E-state index in [2.05, 4.69) is 68.1 Å². The molecule has 7 aromatic carbocycles. The van der Waals surface area contributed by atoms with Gasteiger partial charge in [-0.15, -0.1) is 0 Å². The smallest absolute Gasteiger partial charge is 0.310 e. The minimum atomic E-state index is -4.62. The molecule has 0 radical (unpaired) electrons. The van der Waals surface area contributed by atoms with Gasteiger partial charge in [-0.25, -0.2) is 34.7 Å². The van der Waals surface area contributed by atoms with E-state index in [0.717, 1.165) is 60.8 Å². The van der Waals surface area contributed by atoms with E-state index >= 15 is 0 Å². The van der Waals surface area contributed by atoms with Gasteiger partial charge in [0, 0.05) is 43.9 Å². The fourth-order valence-electron chi connectivity index (χ4n) is 9.69. The second-order valence-electron chi connectivity index (χ2n) is 16.7. The zero-order chi connectivity index (χ0) is 46.3. The normalized spacial score (nSPS) is 11.9. The lowest BCUT2D eigenvalue weighted by molar-refractivity contribution is -0.137. The molecule has 11 aromatic rings. The van der Waals surface area contributed by atoms with Gasteiger partial charge < -0.3 is 9.13 Å². The van der Waals surface area contributed by atoms with E-state index < -0.39 is 11.7 Å². The third-order valence-electron chi connectivity index (χ3n) is 12.3. The quantitative estimate of drug-likeness (QED) is 0.155. The first-order chi connectivity index (χ1) is 32.4. The lowest BCUT2D eigenvalue weighted by Crippen LogP contribution is -2.08. The van der Waals surface area contributed by atoms with Gasteiger partial charge in [0.15, 0.2) is 17.3 Å². The Bertz CT molecular complexity index is 3850. The Kier molecular flexibility index (Phi) is 9.56. The summed E-state index contributed by atoms with van der Waals surface area (Å²) in [5.41, 5.74) is 8.11. The van der Waals surface area contributed by atoms with E-state index in [4.69, 9.17) is 6.57 Å². The largest absolute Gasteiger partial charge is 0.417 e. The van der Waals surface area contributed by atoms with Gasteiger partial charge in [-0.2, -0.15) is 13.2 Å². The van der Waals surface area contributed by atoms with Gasteiger partial charge in [0.1, 0.15) is 23.3 Å². The fraction of sp³-hybridized carbons (Fsp3) is 0.109. The maximum atomic E-state index is 15.0. The van der Waals surface area contributed by atoms with E-state index in [1.807, 2.05) is 113 Å². The summed E-state index contributed by atoms with van der Waals surface area (Å²) in [7, 11) is 0. The molecule has 67 heavy (non-hydrogen) atoms. The molecule has 12 heteroatoms. The molecular formula is C55H38F3N9. The van der Waals surface area contributed by atoms with Crippen LogP contribution in [0.4, 0.5) is 18.9 Å². The first-order valence-corrected chi connectivity index (χ1v) is 21.6. The Labute approximate surface area is 382 Å². The van der Waals surface area contributed by atoms with Crippen LogP contribution in [0.2, 0.25) is 0 Å². The molecule has 0 atom stereocenters. The molecule has 0 saturated heterocycles. The number of halogens is 3. The summed E-state index contributed by atoms with van der Waals surface area (Å²) in [4.78, 5) is 31.5. The Balaban J connectivity index is 1.24. The molecule has 324 valence electrons. The molecule has 11 rings (SSSR count). The van der Waals surface area contributed by atoms with Crippen LogP contribution in [0.25, 0.3) is 105 Å². The van der Waals surface area contributed by atoms with Gasteiger partial charge in [0.05, 0.1) is 39.9 Å². The Morgan fingerprint density at radius 2 is 0.940 bits per heavy atom. The van der Waals surface area contributed by atoms with E-state index in [9.17, 15) is 13.2 Å². The highest BCUT2D eigenvalue weighted by Gasteiger charge is 2.35. The molecule has 0 aliphatic carbocycles. The van der Waals surface area contributed by atoms with E-state index in [1.165, 1.54) is 6.07 Å². The molecule has 0 fully saturated rings. The summed E-state index contributed by atoms with van der Waals surface area (Å²) in [6.45, 7) is 17.7. The highest BCUT2D eigenvalue weighted by molar-refractivity contribution is 6.13. The molecule has 0 spiro atoms. The first kappa shape index (κ1) is 41.2. The second-order valence-corrected chi connectivity index (χ2v) is 16.7. The lowest BCUT2D eigenvalue weighted by Gasteiger charge is -2.22. The highest BCUT2D eigenvalue weighted by atomic mass is 19.4. The number of rotatable bonds is 6. The fourth-order valence-corrected chi connectivity index (χ4v) is 9.69. The van der Waals surface area contributed by atoms with Gasteiger partial charge in [-0.1, -0.05) is 66.7 Å². The van der Waals surface area contributed by atoms with Crippen LogP contribution >= 0.6 is 0 Å². The highest BCUT2D eigenvalue weighted by Crippen LogP contribution is 2.48. The van der Waals surface area contributed by atoms with Crippen LogP contribution in [0.5, 0.6) is 0 Å². The van der Waals surface area contributed by atoms with Gasteiger partial charge in [-0.05, 0) is 130 Å². The number of nitrogens with zero attached hydrogens (tertiary/aromatic N) is 9. The molecule has 0 aliphatic rings. The number of fused-ring (bicyclic) bond motifs is 6. The first-order valence-electron chi connectivity index (χ1n) is 21.6. The number of benzene rings is 7. The van der Waals surface area contributed by atoms with Gasteiger partial charge in [-0.3, -0.25) is 0 Å². The van der Waals surface area contributed by atoms with Gasteiger partial charge in [0.2, 0.25) is 0 Å². The average Bonchev–Trinajstić information content (AvgIpc) is 3.82. The molecular weight excluding hydrogens is 844 g/mol. The van der Waals surface area contributed by atoms with Gasteiger partial charge >= 0.3 is 6.18 Å². The summed E-state index contributed by atoms with van der Waals surface area (Å²) in [5, 5.41) is 3.79. The number of hydrogen-bond acceptors (Lipinski definition) is 6. The van der Waals surface area contributed by atoms with Crippen LogP contribution < -0.4 is 0 Å². The van der Waals surface area contributed by atoms with Crippen molar-refractivity contribution in [3.05, 3.63) is 185 Å². The molecule has 0 unspecified atom stereocenters. The summed E-state index contributed by atoms with van der Waals surface area (Å²) in [6.07, 6.45) is -4.62. The van der Waals surface area contributed by atoms with Gasteiger partial charge in [0.25, 0.3) is 0 Å². The summed E-state index contributed by atoms with van der Waals surface area (Å²) in [6, 6.07) is 43.6. The molecule has 0 saturated carbocycles. The van der Waals surface area contributed by atoms with Crippen molar-refractivity contribution in [3.8, 4) is 56.4 Å². The van der Waals surface area contributed by atoms with Crippen LogP contribution in [0.15, 0.2) is 140 Å². The minimum Gasteiger partial charge on any atom is -0.310 e. The minimum absolute atomic E-state index is 0.0765. The number of hydrogen-bond donors (Lipinski definition) is 0. The molecule has 0 bridgehead atoms. The van der Waals surface area contributed by atoms with Crippen molar-refractivity contribution in [2.45, 2.75) is 40.8 Å². The second kappa shape index (κ2) is 15.6. The third-order valence-corrected chi connectivity index (χ3v) is 12.3. The average molecular weight is 882 g/mol. The SMILES string of the molecule is [C-]#[N+]c1cccc(-n2c3ccccc3c3cc(-c4nc(C)nc(C)n4)ccc32)c1-c1cc(-c2c(C)cccc2C(F)(F)F)ccc1-n1c2ccccc2c2cc(-c3nc(C)nc(C)n3)ccc21. The Morgan fingerprint density at radius 1 is 0.448 bits per heavy atom. The predicted molar refractivity (Wildman–Crippen MR) is 259 cm³/mol. The van der Waals surface area contributed by atoms with E-state index in [1.54, 1.807) is 25.1 Å². The predicted octanol–water partition coefficient (Wildman–Crippen LogP) is 14.0. The monoisotopic (exact) mass is 881 g/mol. The number of aryl methyl sites for hydroxylation is 5. The zero-order valence-electron chi connectivity index (χ0n) is 36.9. The standard InChI is InChI=1S/C55H38F3N9/c1-30-13-11-16-43(55(56,57)58)51(30)35-21-24-49(66-45-18-9-7-14-38(45)40-28-36(22-25-47(40)66)53-62-31(2)60-32(3)63-53)42(27-35)52-44(59-6)17-12-20-50(52)67-46-19-10-8-15-39(46)41-29-37(23-26-48(41)67)54-64-33(4)61-34(5)65-54/h7-29H,1-5H3. The third kappa shape index (κ3) is 6.86. The summed E-state index contributed by atoms with van der Waals surface area (Å²) < 4.78 is 49.2. The maximum absolute atomic E-state index is 15.0. The Hall–Kier alpha value is -8.56. The van der Waals surface area contributed by atoms with E-state index in [-0.39, 0.29) is 5.56 Å². The topological polar surface area (TPSA) is 91.6 Å². The summed E-state index contributed by atoms with van der Waals surface area (Å²) in [5.74, 6) is 3.58. The number of para-hydroxylation sites is 2. The van der Waals surface area contributed by atoms with Crippen molar-refractivity contribution in [3.63, 3.8) is 0 Å². The molecule has 9 nitrogen and oxygen atoms in total. The van der Waals surface area contributed by atoms with Crippen LogP contribution in [0.1, 0.15) is 34.4 Å².